The van der Waals surface area contributed by atoms with E-state index in [1.54, 1.807) is 42.3 Å². The van der Waals surface area contributed by atoms with E-state index in [0.29, 0.717) is 34.7 Å². The molecule has 1 aliphatic heterocycles. The highest BCUT2D eigenvalue weighted by atomic mass is 16.5. The van der Waals surface area contributed by atoms with Gasteiger partial charge in [-0.15, -0.1) is 0 Å². The van der Waals surface area contributed by atoms with Crippen molar-refractivity contribution in [1.82, 2.24) is 0 Å². The van der Waals surface area contributed by atoms with E-state index in [1.165, 1.54) is 12.1 Å². The molecule has 0 unspecified atom stereocenters. The summed E-state index contributed by atoms with van der Waals surface area (Å²) in [7, 11) is 1.63. The van der Waals surface area contributed by atoms with Crippen LogP contribution in [-0.2, 0) is 16.1 Å². The minimum atomic E-state index is -1.06. The van der Waals surface area contributed by atoms with Crippen molar-refractivity contribution in [3.63, 3.8) is 0 Å². The maximum Gasteiger partial charge on any atom is 0.335 e. The number of nitrogens with zero attached hydrogens (tertiary/aromatic N) is 2. The third-order valence-corrected chi connectivity index (χ3v) is 6.06. The second-order valence-electron chi connectivity index (χ2n) is 8.42. The predicted octanol–water partition coefficient (Wildman–Crippen LogP) is 5.40. The molecule has 4 aromatic rings. The van der Waals surface area contributed by atoms with Crippen molar-refractivity contribution in [2.24, 2.45) is 5.10 Å². The molecule has 0 radical (unpaired) electrons. The molecule has 8 heteroatoms. The molecule has 0 aromatic heterocycles. The molecule has 0 atom stereocenters. The van der Waals surface area contributed by atoms with Gasteiger partial charge in [-0.3, -0.25) is 15.1 Å². The van der Waals surface area contributed by atoms with Gasteiger partial charge < -0.3 is 14.9 Å². The number of para-hydroxylation sites is 2. The molecule has 0 fully saturated rings. The molecule has 0 bridgehead atoms. The number of hydrogen-bond acceptors (Lipinski definition) is 6. The molecule has 0 aliphatic carbocycles. The van der Waals surface area contributed by atoms with Crippen molar-refractivity contribution in [2.45, 2.75) is 6.61 Å². The Morgan fingerprint density at radius 1 is 0.946 bits per heavy atom. The lowest BCUT2D eigenvalue weighted by atomic mass is 10.0. The van der Waals surface area contributed by atoms with E-state index in [2.05, 4.69) is 10.5 Å². The Balaban J connectivity index is 1.47. The number of phenols is 1. The summed E-state index contributed by atoms with van der Waals surface area (Å²) in [5.74, 6) is -1.48. The minimum Gasteiger partial charge on any atom is -0.505 e. The number of carbonyl (C=O) groups excluding carboxylic acids is 1. The molecule has 1 heterocycles. The molecular weight excluding hydrogens is 470 g/mol. The normalized spacial score (nSPS) is 13.6. The van der Waals surface area contributed by atoms with Crippen molar-refractivity contribution in [3.8, 4) is 16.9 Å². The molecule has 1 amide bonds. The number of carboxylic acids is 1. The van der Waals surface area contributed by atoms with Crippen molar-refractivity contribution >= 4 is 34.7 Å². The Bertz CT molecular complexity index is 1530. The number of methoxy groups -OCH3 is 1. The Morgan fingerprint density at radius 3 is 2.43 bits per heavy atom. The molecule has 1 aliphatic rings. The molecule has 0 saturated heterocycles. The van der Waals surface area contributed by atoms with Gasteiger partial charge in [-0.1, -0.05) is 54.6 Å². The molecular formula is C29H23N3O5. The number of aromatic hydroxyl groups is 1. The lowest BCUT2D eigenvalue weighted by molar-refractivity contribution is -0.111. The van der Waals surface area contributed by atoms with Crippen molar-refractivity contribution < 1.29 is 24.5 Å². The van der Waals surface area contributed by atoms with E-state index < -0.39 is 5.97 Å². The van der Waals surface area contributed by atoms with Crippen LogP contribution in [0.3, 0.4) is 0 Å². The maximum atomic E-state index is 13.5. The van der Waals surface area contributed by atoms with Crippen molar-refractivity contribution in [3.05, 3.63) is 108 Å². The van der Waals surface area contributed by atoms with E-state index in [-0.39, 0.29) is 28.6 Å². The van der Waals surface area contributed by atoms with E-state index in [1.807, 2.05) is 48.5 Å². The Hall–Kier alpha value is -4.95. The average molecular weight is 494 g/mol. The van der Waals surface area contributed by atoms with Crippen LogP contribution in [0.1, 0.15) is 21.5 Å². The summed E-state index contributed by atoms with van der Waals surface area (Å²) >= 11 is 0. The summed E-state index contributed by atoms with van der Waals surface area (Å²) in [6.07, 6.45) is 0. The first kappa shape index (κ1) is 23.8. The third-order valence-electron chi connectivity index (χ3n) is 6.06. The fourth-order valence-electron chi connectivity index (χ4n) is 4.27. The number of phenolic OH excluding ortho intramolecular Hbond substituents is 1. The molecule has 4 aromatic carbocycles. The number of carboxylic acid groups (broad SMARTS) is 1. The number of amides is 1. The summed E-state index contributed by atoms with van der Waals surface area (Å²) in [5.41, 5.74) is 7.45. The molecule has 37 heavy (non-hydrogen) atoms. The lowest BCUT2D eigenvalue weighted by Crippen LogP contribution is -2.26. The number of anilines is 3. The van der Waals surface area contributed by atoms with Gasteiger partial charge >= 0.3 is 5.97 Å². The number of ether oxygens (including phenoxy) is 1. The highest BCUT2D eigenvalue weighted by Crippen LogP contribution is 2.38. The van der Waals surface area contributed by atoms with E-state index >= 15 is 0 Å². The predicted molar refractivity (Wildman–Crippen MR) is 141 cm³/mol. The average Bonchev–Trinajstić information content (AvgIpc) is 3.20. The monoisotopic (exact) mass is 493 g/mol. The first-order valence-corrected chi connectivity index (χ1v) is 11.5. The molecule has 5 rings (SSSR count). The summed E-state index contributed by atoms with van der Waals surface area (Å²) < 4.78 is 5.17. The van der Waals surface area contributed by atoms with Gasteiger partial charge in [0.05, 0.1) is 23.5 Å². The summed E-state index contributed by atoms with van der Waals surface area (Å²) in [6.45, 7) is 0.477. The number of rotatable bonds is 7. The lowest BCUT2D eigenvalue weighted by Gasteiger charge is -2.17. The Labute approximate surface area is 213 Å². The zero-order chi connectivity index (χ0) is 25.9. The standard InChI is InChI=1S/C29H23N3O5/c1-37-17-18-12-14-21(15-13-18)32-25-11-3-2-8-23(25)26(28(32)34)31-30-24-10-5-9-22(27(24)33)19-6-4-7-20(16-19)29(35)36/h2-16,30,33H,17H2,1H3,(H,35,36). The number of benzene rings is 4. The summed E-state index contributed by atoms with van der Waals surface area (Å²) in [4.78, 5) is 26.4. The maximum absolute atomic E-state index is 13.5. The molecule has 184 valence electrons. The SMILES string of the molecule is COCc1ccc(N2C(=O)C(=NNc3cccc(-c4cccc(C(=O)O)c4)c3O)c3ccccc32)cc1. The fraction of sp³-hybridized carbons (Fsp3) is 0.0690. The topological polar surface area (TPSA) is 111 Å². The van der Waals surface area contributed by atoms with Gasteiger partial charge in [0.1, 0.15) is 5.75 Å². The van der Waals surface area contributed by atoms with E-state index in [0.717, 1.165) is 5.56 Å². The minimum absolute atomic E-state index is 0.110. The van der Waals surface area contributed by atoms with Gasteiger partial charge in [0.2, 0.25) is 0 Å². The van der Waals surface area contributed by atoms with Crippen molar-refractivity contribution in [1.29, 1.82) is 0 Å². The Morgan fingerprint density at radius 2 is 1.68 bits per heavy atom. The fourth-order valence-corrected chi connectivity index (χ4v) is 4.27. The van der Waals surface area contributed by atoms with Crippen LogP contribution in [-0.4, -0.2) is 34.9 Å². The van der Waals surface area contributed by atoms with E-state index in [9.17, 15) is 19.8 Å². The van der Waals surface area contributed by atoms with Crippen LogP contribution in [0, 0.1) is 0 Å². The summed E-state index contributed by atoms with van der Waals surface area (Å²) in [6, 6.07) is 26.2. The highest BCUT2D eigenvalue weighted by molar-refractivity contribution is 6.55. The van der Waals surface area contributed by atoms with Crippen LogP contribution < -0.4 is 10.3 Å². The number of hydrazone groups is 1. The van der Waals surface area contributed by atoms with Gasteiger partial charge in [0.15, 0.2) is 5.71 Å². The van der Waals surface area contributed by atoms with Crippen LogP contribution in [0.25, 0.3) is 11.1 Å². The third kappa shape index (κ3) is 4.53. The van der Waals surface area contributed by atoms with E-state index in [4.69, 9.17) is 4.74 Å². The van der Waals surface area contributed by atoms with Gasteiger partial charge in [-0.05, 0) is 47.5 Å². The van der Waals surface area contributed by atoms with Crippen molar-refractivity contribution in [2.75, 3.05) is 17.4 Å². The molecule has 0 saturated carbocycles. The molecule has 3 N–H and O–H groups in total. The quantitative estimate of drug-likeness (QED) is 0.235. The largest absolute Gasteiger partial charge is 0.505 e. The zero-order valence-corrected chi connectivity index (χ0v) is 19.9. The van der Waals surface area contributed by atoms with Gasteiger partial charge in [0.25, 0.3) is 5.91 Å². The second kappa shape index (κ2) is 9.96. The summed E-state index contributed by atoms with van der Waals surface area (Å²) in [5, 5.41) is 24.6. The Kier molecular flexibility index (Phi) is 6.40. The first-order chi connectivity index (χ1) is 18.0. The first-order valence-electron chi connectivity index (χ1n) is 11.5. The van der Waals surface area contributed by atoms with Crippen LogP contribution >= 0.6 is 0 Å². The highest BCUT2D eigenvalue weighted by Gasteiger charge is 2.35. The number of fused-ring (bicyclic) bond motifs is 1. The number of nitrogens with one attached hydrogen (secondary N) is 1. The van der Waals surface area contributed by atoms with Crippen LogP contribution in [0.5, 0.6) is 5.75 Å². The second-order valence-corrected chi connectivity index (χ2v) is 8.42. The van der Waals surface area contributed by atoms with Gasteiger partial charge in [0, 0.05) is 23.9 Å². The number of hydrogen-bond donors (Lipinski definition) is 3. The molecule has 8 nitrogen and oxygen atoms in total. The van der Waals surface area contributed by atoms with Gasteiger partial charge in [-0.25, -0.2) is 4.79 Å². The van der Waals surface area contributed by atoms with Gasteiger partial charge in [-0.2, -0.15) is 5.10 Å². The zero-order valence-electron chi connectivity index (χ0n) is 19.9. The van der Waals surface area contributed by atoms with Crippen LogP contribution in [0.4, 0.5) is 17.1 Å². The smallest absolute Gasteiger partial charge is 0.335 e. The number of aromatic carboxylic acids is 1. The molecule has 0 spiro atoms. The number of carbonyl (C=O) groups is 2. The van der Waals surface area contributed by atoms with Crippen LogP contribution in [0.15, 0.2) is 96.1 Å². The van der Waals surface area contributed by atoms with Crippen LogP contribution in [0.2, 0.25) is 0 Å².